The second kappa shape index (κ2) is 2.64. The second-order valence-electron chi connectivity index (χ2n) is 3.11. The van der Waals surface area contributed by atoms with Crippen molar-refractivity contribution in [3.05, 3.63) is 25.8 Å². The highest BCUT2D eigenvalue weighted by molar-refractivity contribution is 7.11. The summed E-state index contributed by atoms with van der Waals surface area (Å²) in [4.78, 5) is 18.6. The monoisotopic (exact) mass is 182 g/mol. The fraction of sp³-hybridized carbons (Fsp3) is 0.500. The molecule has 2 heterocycles. The minimum atomic E-state index is -0.0365. The van der Waals surface area contributed by atoms with Crippen molar-refractivity contribution in [3.63, 3.8) is 0 Å². The summed E-state index contributed by atoms with van der Waals surface area (Å²) in [6.45, 7) is 3.54. The summed E-state index contributed by atoms with van der Waals surface area (Å²) in [6.07, 6.45) is 0. The number of hydrogen-bond donors (Lipinski definition) is 0. The van der Waals surface area contributed by atoms with Gasteiger partial charge in [-0.1, -0.05) is 0 Å². The first-order valence-corrected chi connectivity index (χ1v) is 4.66. The third-order valence-electron chi connectivity index (χ3n) is 1.97. The Morgan fingerprint density at radius 3 is 3.00 bits per heavy atom. The van der Waals surface area contributed by atoms with E-state index in [0.29, 0.717) is 0 Å². The fourth-order valence-corrected chi connectivity index (χ4v) is 2.49. The van der Waals surface area contributed by atoms with Crippen molar-refractivity contribution in [2.75, 3.05) is 7.05 Å². The van der Waals surface area contributed by atoms with Gasteiger partial charge in [0.25, 0.3) is 5.56 Å². The number of aryl methyl sites for hydroxylation is 1. The molecule has 2 rings (SSSR count). The third kappa shape index (κ3) is 1.17. The molecular formula is C8H10N2OS. The molecule has 0 N–H and O–H groups in total. The highest BCUT2D eigenvalue weighted by atomic mass is 32.1. The Kier molecular flexibility index (Phi) is 1.73. The van der Waals surface area contributed by atoms with Crippen LogP contribution in [-0.4, -0.2) is 16.9 Å². The standard InChI is InChI=1S/C8H10N2OS/c1-5-9-8(11)6-3-10(2)4-7(6)12-5/h3-4H2,1-2H3. The zero-order valence-corrected chi connectivity index (χ0v) is 7.94. The molecule has 1 aromatic rings. The van der Waals surface area contributed by atoms with Gasteiger partial charge >= 0.3 is 0 Å². The average molecular weight is 182 g/mol. The van der Waals surface area contributed by atoms with Gasteiger partial charge in [0.15, 0.2) is 0 Å². The minimum absolute atomic E-state index is 0.0365. The summed E-state index contributed by atoms with van der Waals surface area (Å²) in [7, 11) is 2.02. The SMILES string of the molecule is Cc1nc(=O)c2c(s1)CN(C)C2. The van der Waals surface area contributed by atoms with E-state index in [9.17, 15) is 4.79 Å². The molecule has 1 aromatic heterocycles. The van der Waals surface area contributed by atoms with Gasteiger partial charge in [0, 0.05) is 23.5 Å². The smallest absolute Gasteiger partial charge is 0.276 e. The zero-order valence-electron chi connectivity index (χ0n) is 7.13. The molecule has 0 radical (unpaired) electrons. The van der Waals surface area contributed by atoms with Crippen molar-refractivity contribution < 1.29 is 0 Å². The van der Waals surface area contributed by atoms with Gasteiger partial charge in [0.05, 0.1) is 5.01 Å². The zero-order chi connectivity index (χ0) is 8.72. The largest absolute Gasteiger partial charge is 0.297 e. The molecular weight excluding hydrogens is 172 g/mol. The molecule has 0 fully saturated rings. The van der Waals surface area contributed by atoms with Crippen LogP contribution < -0.4 is 5.56 Å². The van der Waals surface area contributed by atoms with Crippen molar-refractivity contribution in [1.82, 2.24) is 9.88 Å². The van der Waals surface area contributed by atoms with Gasteiger partial charge in [-0.3, -0.25) is 9.69 Å². The van der Waals surface area contributed by atoms with Gasteiger partial charge in [-0.25, -0.2) is 4.98 Å². The molecule has 1 aliphatic rings. The average Bonchev–Trinajstić information content (AvgIpc) is 2.29. The van der Waals surface area contributed by atoms with Crippen molar-refractivity contribution in [2.45, 2.75) is 20.0 Å². The number of rotatable bonds is 0. The van der Waals surface area contributed by atoms with E-state index in [2.05, 4.69) is 9.88 Å². The summed E-state index contributed by atoms with van der Waals surface area (Å²) in [6, 6.07) is 0. The van der Waals surface area contributed by atoms with Crippen LogP contribution in [0.15, 0.2) is 4.79 Å². The van der Waals surface area contributed by atoms with Crippen molar-refractivity contribution >= 4 is 11.3 Å². The summed E-state index contributed by atoms with van der Waals surface area (Å²) in [5, 5.41) is 0.869. The van der Waals surface area contributed by atoms with E-state index in [1.165, 1.54) is 4.88 Å². The van der Waals surface area contributed by atoms with E-state index < -0.39 is 0 Å². The lowest BCUT2D eigenvalue weighted by atomic mass is 10.3. The first-order valence-electron chi connectivity index (χ1n) is 3.85. The predicted octanol–water partition coefficient (Wildman–Crippen LogP) is 0.757. The molecule has 3 nitrogen and oxygen atoms in total. The molecule has 0 aliphatic carbocycles. The first kappa shape index (κ1) is 7.89. The van der Waals surface area contributed by atoms with E-state index in [-0.39, 0.29) is 5.56 Å². The van der Waals surface area contributed by atoms with Gasteiger partial charge in [-0.2, -0.15) is 0 Å². The quantitative estimate of drug-likeness (QED) is 0.594. The Morgan fingerprint density at radius 1 is 1.50 bits per heavy atom. The summed E-state index contributed by atoms with van der Waals surface area (Å²) < 4.78 is 0. The van der Waals surface area contributed by atoms with Crippen LogP contribution >= 0.6 is 11.3 Å². The number of hydrogen-bond acceptors (Lipinski definition) is 4. The Labute approximate surface area is 74.7 Å². The van der Waals surface area contributed by atoms with Gasteiger partial charge in [-0.05, 0) is 14.0 Å². The lowest BCUT2D eigenvalue weighted by molar-refractivity contribution is 0.354. The van der Waals surface area contributed by atoms with Crippen molar-refractivity contribution in [3.8, 4) is 0 Å². The highest BCUT2D eigenvalue weighted by Gasteiger charge is 2.19. The summed E-state index contributed by atoms with van der Waals surface area (Å²) in [5.41, 5.74) is 0.860. The maximum atomic E-state index is 11.3. The lowest BCUT2D eigenvalue weighted by Gasteiger charge is -2.01. The maximum Gasteiger partial charge on any atom is 0.276 e. The molecule has 0 bridgehead atoms. The Morgan fingerprint density at radius 2 is 2.25 bits per heavy atom. The van der Waals surface area contributed by atoms with Crippen LogP contribution in [0.5, 0.6) is 0 Å². The Hall–Kier alpha value is -0.740. The van der Waals surface area contributed by atoms with Gasteiger partial charge in [0.2, 0.25) is 0 Å². The molecule has 0 saturated heterocycles. The molecule has 0 atom stereocenters. The molecule has 0 saturated carbocycles. The number of fused-ring (bicyclic) bond motifs is 1. The predicted molar refractivity (Wildman–Crippen MR) is 48.3 cm³/mol. The minimum Gasteiger partial charge on any atom is -0.297 e. The fourth-order valence-electron chi connectivity index (χ4n) is 1.45. The molecule has 0 amide bonds. The topological polar surface area (TPSA) is 33.2 Å². The molecule has 12 heavy (non-hydrogen) atoms. The highest BCUT2D eigenvalue weighted by Crippen LogP contribution is 2.22. The lowest BCUT2D eigenvalue weighted by Crippen LogP contribution is -2.14. The van der Waals surface area contributed by atoms with Crippen LogP contribution in [0, 0.1) is 6.92 Å². The second-order valence-corrected chi connectivity index (χ2v) is 4.40. The number of aromatic nitrogens is 1. The molecule has 64 valence electrons. The molecule has 0 unspecified atom stereocenters. The van der Waals surface area contributed by atoms with Crippen molar-refractivity contribution in [2.24, 2.45) is 0 Å². The van der Waals surface area contributed by atoms with Crippen LogP contribution in [0.4, 0.5) is 0 Å². The van der Waals surface area contributed by atoms with E-state index in [0.717, 1.165) is 23.7 Å². The van der Waals surface area contributed by atoms with E-state index >= 15 is 0 Å². The van der Waals surface area contributed by atoms with E-state index in [1.807, 2.05) is 14.0 Å². The van der Waals surface area contributed by atoms with Gasteiger partial charge in [-0.15, -0.1) is 11.3 Å². The number of nitrogens with zero attached hydrogens (tertiary/aromatic N) is 2. The van der Waals surface area contributed by atoms with Crippen molar-refractivity contribution in [1.29, 1.82) is 0 Å². The molecule has 0 aromatic carbocycles. The Balaban J connectivity index is 2.60. The normalized spacial score (nSPS) is 16.5. The van der Waals surface area contributed by atoms with E-state index in [4.69, 9.17) is 0 Å². The molecule has 0 spiro atoms. The maximum absolute atomic E-state index is 11.3. The Bertz CT molecular complexity index is 372. The van der Waals surface area contributed by atoms with Gasteiger partial charge in [0.1, 0.15) is 0 Å². The van der Waals surface area contributed by atoms with Crippen LogP contribution in [0.1, 0.15) is 15.4 Å². The van der Waals surface area contributed by atoms with Crippen LogP contribution in [0.25, 0.3) is 0 Å². The van der Waals surface area contributed by atoms with Crippen LogP contribution in [-0.2, 0) is 13.1 Å². The van der Waals surface area contributed by atoms with Crippen LogP contribution in [0.2, 0.25) is 0 Å². The summed E-state index contributed by atoms with van der Waals surface area (Å²) >= 11 is 1.63. The molecule has 4 heteroatoms. The molecule has 1 aliphatic heterocycles. The third-order valence-corrected chi connectivity index (χ3v) is 2.97. The van der Waals surface area contributed by atoms with Gasteiger partial charge < -0.3 is 0 Å². The van der Waals surface area contributed by atoms with E-state index in [1.54, 1.807) is 11.3 Å². The van der Waals surface area contributed by atoms with Crippen LogP contribution in [0.3, 0.4) is 0 Å². The first-order chi connectivity index (χ1) is 5.66. The summed E-state index contributed by atoms with van der Waals surface area (Å²) in [5.74, 6) is 0.